The Morgan fingerprint density at radius 1 is 1.29 bits per heavy atom. The average molecular weight is 258 g/mol. The van der Waals surface area contributed by atoms with Gasteiger partial charge in [-0.3, -0.25) is 4.90 Å². The maximum atomic E-state index is 6.09. The first-order valence-corrected chi connectivity index (χ1v) is 5.86. The zero-order valence-corrected chi connectivity index (χ0v) is 11.3. The van der Waals surface area contributed by atoms with Gasteiger partial charge in [0.05, 0.1) is 10.7 Å². The number of hydrogen-bond donors (Lipinski definition) is 2. The van der Waals surface area contributed by atoms with E-state index in [9.17, 15) is 0 Å². The number of pyridine rings is 1. The van der Waals surface area contributed by atoms with E-state index in [4.69, 9.17) is 17.4 Å². The molecule has 0 bridgehead atoms. The molecule has 0 spiro atoms. The van der Waals surface area contributed by atoms with Gasteiger partial charge in [-0.2, -0.15) is 0 Å². The first-order chi connectivity index (χ1) is 8.02. The Bertz CT molecular complexity index is 356. The lowest BCUT2D eigenvalue weighted by Gasteiger charge is -2.19. The maximum absolute atomic E-state index is 6.09. The SMILES string of the molecule is CN(C)CCN(C)Cc1nc(NN)ccc1Cl. The molecule has 0 amide bonds. The van der Waals surface area contributed by atoms with Crippen LogP contribution in [0.5, 0.6) is 0 Å². The van der Waals surface area contributed by atoms with Crippen LogP contribution in [0.2, 0.25) is 5.02 Å². The van der Waals surface area contributed by atoms with Gasteiger partial charge in [0.25, 0.3) is 0 Å². The van der Waals surface area contributed by atoms with E-state index in [0.29, 0.717) is 17.4 Å². The van der Waals surface area contributed by atoms with E-state index < -0.39 is 0 Å². The first-order valence-electron chi connectivity index (χ1n) is 5.48. The Labute approximate surface area is 108 Å². The van der Waals surface area contributed by atoms with E-state index >= 15 is 0 Å². The molecule has 17 heavy (non-hydrogen) atoms. The molecule has 0 radical (unpaired) electrons. The van der Waals surface area contributed by atoms with Crippen molar-refractivity contribution in [1.29, 1.82) is 0 Å². The van der Waals surface area contributed by atoms with Gasteiger partial charge in [0, 0.05) is 19.6 Å². The molecule has 1 aromatic rings. The summed E-state index contributed by atoms with van der Waals surface area (Å²) in [4.78, 5) is 8.65. The third-order valence-electron chi connectivity index (χ3n) is 2.42. The number of halogens is 1. The zero-order valence-electron chi connectivity index (χ0n) is 10.6. The molecular formula is C11H20ClN5. The Hall–Kier alpha value is -0.880. The van der Waals surface area contributed by atoms with Gasteiger partial charge in [-0.05, 0) is 33.3 Å². The molecule has 96 valence electrons. The van der Waals surface area contributed by atoms with E-state index in [1.807, 2.05) is 7.05 Å². The normalized spacial score (nSPS) is 11.2. The third-order valence-corrected chi connectivity index (χ3v) is 2.76. The lowest BCUT2D eigenvalue weighted by molar-refractivity contribution is 0.274. The minimum Gasteiger partial charge on any atom is -0.308 e. The number of hydrogen-bond acceptors (Lipinski definition) is 5. The molecule has 5 nitrogen and oxygen atoms in total. The van der Waals surface area contributed by atoms with Crippen molar-refractivity contribution in [2.75, 3.05) is 39.7 Å². The van der Waals surface area contributed by atoms with Crippen LogP contribution in [-0.2, 0) is 6.54 Å². The monoisotopic (exact) mass is 257 g/mol. The van der Waals surface area contributed by atoms with Crippen LogP contribution in [-0.4, -0.2) is 49.0 Å². The van der Waals surface area contributed by atoms with Crippen LogP contribution in [0.3, 0.4) is 0 Å². The van der Waals surface area contributed by atoms with Gasteiger partial charge >= 0.3 is 0 Å². The molecule has 0 aliphatic carbocycles. The second kappa shape index (κ2) is 6.76. The van der Waals surface area contributed by atoms with Crippen LogP contribution in [0.25, 0.3) is 0 Å². The topological polar surface area (TPSA) is 57.4 Å². The van der Waals surface area contributed by atoms with Crippen molar-refractivity contribution < 1.29 is 0 Å². The average Bonchev–Trinajstić information content (AvgIpc) is 2.29. The Kier molecular flexibility index (Phi) is 5.64. The molecule has 0 saturated heterocycles. The summed E-state index contributed by atoms with van der Waals surface area (Å²) >= 11 is 6.09. The van der Waals surface area contributed by atoms with Crippen molar-refractivity contribution in [1.82, 2.24) is 14.8 Å². The van der Waals surface area contributed by atoms with Crippen LogP contribution < -0.4 is 11.3 Å². The van der Waals surface area contributed by atoms with Gasteiger partial charge in [-0.15, -0.1) is 0 Å². The molecule has 0 unspecified atom stereocenters. The fourth-order valence-electron chi connectivity index (χ4n) is 1.38. The molecular weight excluding hydrogens is 238 g/mol. The highest BCUT2D eigenvalue weighted by molar-refractivity contribution is 6.31. The predicted molar refractivity (Wildman–Crippen MR) is 71.9 cm³/mol. The second-order valence-corrected chi connectivity index (χ2v) is 4.72. The summed E-state index contributed by atoms with van der Waals surface area (Å²) in [7, 11) is 6.15. The number of nitrogen functional groups attached to an aromatic ring is 1. The van der Waals surface area contributed by atoms with E-state index in [0.717, 1.165) is 18.8 Å². The number of nitrogens with zero attached hydrogens (tertiary/aromatic N) is 3. The molecule has 0 aromatic carbocycles. The fourth-order valence-corrected chi connectivity index (χ4v) is 1.55. The molecule has 1 rings (SSSR count). The number of aromatic nitrogens is 1. The summed E-state index contributed by atoms with van der Waals surface area (Å²) in [5, 5.41) is 0.667. The molecule has 0 fully saturated rings. The largest absolute Gasteiger partial charge is 0.308 e. The molecule has 1 heterocycles. The second-order valence-electron chi connectivity index (χ2n) is 4.31. The van der Waals surface area contributed by atoms with E-state index in [-0.39, 0.29) is 0 Å². The molecule has 0 aliphatic rings. The van der Waals surface area contributed by atoms with E-state index in [1.165, 1.54) is 0 Å². The molecule has 3 N–H and O–H groups in total. The number of rotatable bonds is 6. The summed E-state index contributed by atoms with van der Waals surface area (Å²) in [6.07, 6.45) is 0. The van der Waals surface area contributed by atoms with Crippen molar-refractivity contribution in [3.8, 4) is 0 Å². The number of hydrazine groups is 1. The summed E-state index contributed by atoms with van der Waals surface area (Å²) in [5.41, 5.74) is 3.36. The van der Waals surface area contributed by atoms with Crippen molar-refractivity contribution in [3.05, 3.63) is 22.8 Å². The van der Waals surface area contributed by atoms with E-state index in [2.05, 4.69) is 34.3 Å². The summed E-state index contributed by atoms with van der Waals surface area (Å²) in [5.74, 6) is 5.95. The van der Waals surface area contributed by atoms with Gasteiger partial charge in [-0.25, -0.2) is 10.8 Å². The number of nitrogens with two attached hydrogens (primary N) is 1. The predicted octanol–water partition coefficient (Wildman–Crippen LogP) is 1.01. The van der Waals surface area contributed by atoms with Crippen LogP contribution in [0.4, 0.5) is 5.82 Å². The zero-order chi connectivity index (χ0) is 12.8. The van der Waals surface area contributed by atoms with Crippen LogP contribution in [0.1, 0.15) is 5.69 Å². The van der Waals surface area contributed by atoms with Gasteiger partial charge in [-0.1, -0.05) is 11.6 Å². The Balaban J connectivity index is 2.60. The fraction of sp³-hybridized carbons (Fsp3) is 0.545. The number of nitrogens with one attached hydrogen (secondary N) is 1. The molecule has 1 aromatic heterocycles. The standard InChI is InChI=1S/C11H20ClN5/c1-16(2)6-7-17(3)8-10-9(12)4-5-11(14-10)15-13/h4-5H,6-8,13H2,1-3H3,(H,14,15). The highest BCUT2D eigenvalue weighted by Gasteiger charge is 2.07. The quantitative estimate of drug-likeness (QED) is 0.589. The molecule has 6 heteroatoms. The van der Waals surface area contributed by atoms with Crippen LogP contribution in [0, 0.1) is 0 Å². The summed E-state index contributed by atoms with van der Waals surface area (Å²) < 4.78 is 0. The van der Waals surface area contributed by atoms with Gasteiger partial charge in [0.1, 0.15) is 5.82 Å². The summed E-state index contributed by atoms with van der Waals surface area (Å²) in [6.45, 7) is 2.68. The first kappa shape index (κ1) is 14.2. The molecule has 0 atom stereocenters. The Morgan fingerprint density at radius 2 is 2.00 bits per heavy atom. The van der Waals surface area contributed by atoms with Crippen molar-refractivity contribution in [3.63, 3.8) is 0 Å². The van der Waals surface area contributed by atoms with Crippen LogP contribution >= 0.6 is 11.6 Å². The van der Waals surface area contributed by atoms with Gasteiger partial charge in [0.2, 0.25) is 0 Å². The van der Waals surface area contributed by atoms with Crippen molar-refractivity contribution >= 4 is 17.4 Å². The third kappa shape index (κ3) is 4.87. The van der Waals surface area contributed by atoms with E-state index in [1.54, 1.807) is 12.1 Å². The minimum absolute atomic E-state index is 0.630. The highest BCUT2D eigenvalue weighted by atomic mass is 35.5. The molecule has 0 saturated carbocycles. The maximum Gasteiger partial charge on any atom is 0.140 e. The van der Waals surface area contributed by atoms with Crippen molar-refractivity contribution in [2.24, 2.45) is 5.84 Å². The highest BCUT2D eigenvalue weighted by Crippen LogP contribution is 2.17. The lowest BCUT2D eigenvalue weighted by atomic mass is 10.3. The van der Waals surface area contributed by atoms with Gasteiger partial charge in [0.15, 0.2) is 0 Å². The summed E-state index contributed by atoms with van der Waals surface area (Å²) in [6, 6.07) is 3.56. The minimum atomic E-state index is 0.630. The molecule has 0 aliphatic heterocycles. The Morgan fingerprint density at radius 3 is 2.59 bits per heavy atom. The smallest absolute Gasteiger partial charge is 0.140 e. The lowest BCUT2D eigenvalue weighted by Crippen LogP contribution is -2.28. The number of likely N-dealkylation sites (N-methyl/N-ethyl adjacent to an activating group) is 2. The van der Waals surface area contributed by atoms with Crippen LogP contribution in [0.15, 0.2) is 12.1 Å². The van der Waals surface area contributed by atoms with Crippen molar-refractivity contribution in [2.45, 2.75) is 6.54 Å². The van der Waals surface area contributed by atoms with Gasteiger partial charge < -0.3 is 10.3 Å². The number of anilines is 1.